The van der Waals surface area contributed by atoms with Gasteiger partial charge in [-0.3, -0.25) is 0 Å². The van der Waals surface area contributed by atoms with Crippen LogP contribution in [-0.2, 0) is 5.41 Å². The number of nitrogens with one attached hydrogen (secondary N) is 1. The summed E-state index contributed by atoms with van der Waals surface area (Å²) in [6, 6.07) is 6.16. The molecule has 3 nitrogen and oxygen atoms in total. The van der Waals surface area contributed by atoms with Crippen LogP contribution in [0.15, 0.2) is 27.1 Å². The van der Waals surface area contributed by atoms with Crippen LogP contribution in [0.2, 0.25) is 0 Å². The lowest BCUT2D eigenvalue weighted by Gasteiger charge is -2.21. The quantitative estimate of drug-likeness (QED) is 0.725. The second-order valence-electron chi connectivity index (χ2n) is 6.02. The Morgan fingerprint density at radius 2 is 1.76 bits per heavy atom. The molecule has 0 aliphatic carbocycles. The summed E-state index contributed by atoms with van der Waals surface area (Å²) < 4.78 is 2.02. The summed E-state index contributed by atoms with van der Waals surface area (Å²) in [5, 5.41) is 3.14. The van der Waals surface area contributed by atoms with Gasteiger partial charge in [-0.05, 0) is 40.5 Å². The highest BCUT2D eigenvalue weighted by molar-refractivity contribution is 9.11. The Balaban J connectivity index is 2.66. The van der Waals surface area contributed by atoms with Crippen LogP contribution in [0.3, 0.4) is 0 Å². The summed E-state index contributed by atoms with van der Waals surface area (Å²) in [5.41, 5.74) is 3.12. The van der Waals surface area contributed by atoms with Gasteiger partial charge in [0.15, 0.2) is 5.82 Å². The molecule has 2 rings (SSSR count). The van der Waals surface area contributed by atoms with Crippen molar-refractivity contribution in [3.8, 4) is 11.4 Å². The maximum atomic E-state index is 4.78. The molecule has 0 aliphatic rings. The van der Waals surface area contributed by atoms with E-state index >= 15 is 0 Å². The Hall–Kier alpha value is -0.940. The number of benzene rings is 1. The molecule has 0 saturated heterocycles. The number of rotatable bonds is 2. The molecular formula is C16H19Br2N3. The minimum absolute atomic E-state index is 0.0630. The molecule has 0 amide bonds. The minimum Gasteiger partial charge on any atom is -0.372 e. The summed E-state index contributed by atoms with van der Waals surface area (Å²) in [5.74, 6) is 1.55. The largest absolute Gasteiger partial charge is 0.372 e. The molecule has 0 aliphatic heterocycles. The Labute approximate surface area is 142 Å². The summed E-state index contributed by atoms with van der Waals surface area (Å²) in [7, 11) is 1.87. The standard InChI is InChI=1S/C16H19Br2N3/c1-9-8-10(6-7-11(9)17)14-20-13(16(2,3)4)12(18)15(19-5)21-14/h6-8H,1-5H3,(H,19,20,21). The molecule has 1 aromatic heterocycles. The number of aryl methyl sites for hydroxylation is 1. The van der Waals surface area contributed by atoms with Gasteiger partial charge in [-0.25, -0.2) is 9.97 Å². The van der Waals surface area contributed by atoms with Gasteiger partial charge in [-0.2, -0.15) is 0 Å². The predicted octanol–water partition coefficient (Wildman–Crippen LogP) is 5.32. The van der Waals surface area contributed by atoms with E-state index in [0.29, 0.717) is 0 Å². The lowest BCUT2D eigenvalue weighted by atomic mass is 9.91. The molecule has 0 saturated carbocycles. The summed E-state index contributed by atoms with van der Waals surface area (Å²) in [4.78, 5) is 9.40. The van der Waals surface area contributed by atoms with Gasteiger partial charge in [-0.15, -0.1) is 0 Å². The van der Waals surface area contributed by atoms with Crippen LogP contribution in [-0.4, -0.2) is 17.0 Å². The summed E-state index contributed by atoms with van der Waals surface area (Å²) >= 11 is 7.14. The van der Waals surface area contributed by atoms with E-state index in [4.69, 9.17) is 4.98 Å². The number of hydrogen-bond donors (Lipinski definition) is 1. The normalized spacial score (nSPS) is 11.6. The highest BCUT2D eigenvalue weighted by Crippen LogP contribution is 2.34. The highest BCUT2D eigenvalue weighted by Gasteiger charge is 2.23. The van der Waals surface area contributed by atoms with E-state index < -0.39 is 0 Å². The second kappa shape index (κ2) is 6.05. The Bertz CT molecular complexity index is 676. The Kier molecular flexibility index (Phi) is 4.73. The summed E-state index contributed by atoms with van der Waals surface area (Å²) in [6.45, 7) is 8.51. The third kappa shape index (κ3) is 3.46. The van der Waals surface area contributed by atoms with Gasteiger partial charge in [0, 0.05) is 22.5 Å². The maximum Gasteiger partial charge on any atom is 0.161 e. The maximum absolute atomic E-state index is 4.78. The topological polar surface area (TPSA) is 37.8 Å². The van der Waals surface area contributed by atoms with Gasteiger partial charge in [0.1, 0.15) is 5.82 Å². The molecule has 0 atom stereocenters. The van der Waals surface area contributed by atoms with E-state index in [1.165, 1.54) is 5.56 Å². The second-order valence-corrected chi connectivity index (χ2v) is 7.67. The molecule has 0 bridgehead atoms. The number of halogens is 2. The molecule has 0 unspecified atom stereocenters. The molecule has 2 aromatic rings. The van der Waals surface area contributed by atoms with Gasteiger partial charge in [-0.1, -0.05) is 42.8 Å². The van der Waals surface area contributed by atoms with Crippen molar-refractivity contribution in [2.24, 2.45) is 0 Å². The lowest BCUT2D eigenvalue weighted by molar-refractivity contribution is 0.564. The fourth-order valence-electron chi connectivity index (χ4n) is 2.02. The third-order valence-corrected chi connectivity index (χ3v) is 4.86. The van der Waals surface area contributed by atoms with Crippen LogP contribution >= 0.6 is 31.9 Å². The van der Waals surface area contributed by atoms with Gasteiger partial charge >= 0.3 is 0 Å². The van der Waals surface area contributed by atoms with Crippen molar-refractivity contribution < 1.29 is 0 Å². The fraction of sp³-hybridized carbons (Fsp3) is 0.375. The average Bonchev–Trinajstić information content (AvgIpc) is 2.41. The SMILES string of the molecule is CNc1nc(-c2ccc(Br)c(C)c2)nc(C(C)(C)C)c1Br. The number of aromatic nitrogens is 2. The first-order chi connectivity index (χ1) is 9.74. The van der Waals surface area contributed by atoms with Crippen molar-refractivity contribution in [1.82, 2.24) is 9.97 Å². The first-order valence-electron chi connectivity index (χ1n) is 6.76. The van der Waals surface area contributed by atoms with E-state index in [0.717, 1.165) is 31.8 Å². The zero-order chi connectivity index (χ0) is 15.8. The molecule has 1 N–H and O–H groups in total. The minimum atomic E-state index is -0.0630. The van der Waals surface area contributed by atoms with Crippen molar-refractivity contribution in [3.05, 3.63) is 38.4 Å². The van der Waals surface area contributed by atoms with E-state index in [1.807, 2.05) is 19.2 Å². The first kappa shape index (κ1) is 16.4. The number of anilines is 1. The van der Waals surface area contributed by atoms with Crippen molar-refractivity contribution >= 4 is 37.7 Å². The van der Waals surface area contributed by atoms with E-state index in [-0.39, 0.29) is 5.41 Å². The lowest BCUT2D eigenvalue weighted by Crippen LogP contribution is -2.17. The van der Waals surface area contributed by atoms with Crippen molar-refractivity contribution in [1.29, 1.82) is 0 Å². The van der Waals surface area contributed by atoms with Crippen LogP contribution in [0, 0.1) is 6.92 Å². The van der Waals surface area contributed by atoms with Gasteiger partial charge in [0.05, 0.1) is 10.2 Å². The van der Waals surface area contributed by atoms with Crippen LogP contribution in [0.25, 0.3) is 11.4 Å². The van der Waals surface area contributed by atoms with Crippen LogP contribution in [0.5, 0.6) is 0 Å². The molecule has 21 heavy (non-hydrogen) atoms. The van der Waals surface area contributed by atoms with Gasteiger partial charge in [0.25, 0.3) is 0 Å². The van der Waals surface area contributed by atoms with E-state index in [9.17, 15) is 0 Å². The number of nitrogens with zero attached hydrogens (tertiary/aromatic N) is 2. The van der Waals surface area contributed by atoms with Crippen molar-refractivity contribution in [3.63, 3.8) is 0 Å². The zero-order valence-electron chi connectivity index (χ0n) is 12.9. The molecule has 1 aromatic carbocycles. The Morgan fingerprint density at radius 1 is 1.10 bits per heavy atom. The number of hydrogen-bond acceptors (Lipinski definition) is 3. The van der Waals surface area contributed by atoms with Gasteiger partial charge in [0.2, 0.25) is 0 Å². The van der Waals surface area contributed by atoms with Crippen LogP contribution in [0.4, 0.5) is 5.82 Å². The zero-order valence-corrected chi connectivity index (χ0v) is 16.1. The summed E-state index contributed by atoms with van der Waals surface area (Å²) in [6.07, 6.45) is 0. The fourth-order valence-corrected chi connectivity index (χ4v) is 3.24. The molecule has 0 fully saturated rings. The smallest absolute Gasteiger partial charge is 0.161 e. The molecule has 5 heteroatoms. The van der Waals surface area contributed by atoms with E-state index in [2.05, 4.69) is 75.9 Å². The van der Waals surface area contributed by atoms with Crippen molar-refractivity contribution in [2.45, 2.75) is 33.1 Å². The predicted molar refractivity (Wildman–Crippen MR) is 95.9 cm³/mol. The molecule has 0 spiro atoms. The average molecular weight is 413 g/mol. The first-order valence-corrected chi connectivity index (χ1v) is 8.35. The third-order valence-electron chi connectivity index (χ3n) is 3.21. The van der Waals surface area contributed by atoms with Gasteiger partial charge < -0.3 is 5.32 Å². The molecule has 112 valence electrons. The molecule has 0 radical (unpaired) electrons. The van der Waals surface area contributed by atoms with Crippen molar-refractivity contribution in [2.75, 3.05) is 12.4 Å². The Morgan fingerprint density at radius 3 is 2.29 bits per heavy atom. The monoisotopic (exact) mass is 411 g/mol. The highest BCUT2D eigenvalue weighted by atomic mass is 79.9. The molecule has 1 heterocycles. The van der Waals surface area contributed by atoms with E-state index in [1.54, 1.807) is 0 Å². The molecular weight excluding hydrogens is 394 g/mol. The van der Waals surface area contributed by atoms with Crippen LogP contribution in [0.1, 0.15) is 32.0 Å². The van der Waals surface area contributed by atoms with Crippen LogP contribution < -0.4 is 5.32 Å².